The number of ether oxygens (including phenoxy) is 2. The summed E-state index contributed by atoms with van der Waals surface area (Å²) < 4.78 is 11.5. The molecule has 11 nitrogen and oxygen atoms in total. The summed E-state index contributed by atoms with van der Waals surface area (Å²) in [6.45, 7) is 1.14. The van der Waals surface area contributed by atoms with Crippen molar-refractivity contribution in [3.8, 4) is 11.5 Å². The van der Waals surface area contributed by atoms with E-state index in [1.807, 2.05) is 30.3 Å². The van der Waals surface area contributed by atoms with Crippen molar-refractivity contribution in [2.24, 2.45) is 29.6 Å². The number of carboxylic acids is 1. The summed E-state index contributed by atoms with van der Waals surface area (Å²) in [6.07, 6.45) is 0.689. The Morgan fingerprint density at radius 2 is 1.80 bits per heavy atom. The fraction of sp³-hybridized carbons (Fsp3) is 0.387. The number of hydrogen-bond donors (Lipinski definition) is 3. The van der Waals surface area contributed by atoms with Gasteiger partial charge in [0.2, 0.25) is 11.8 Å². The molecule has 13 heteroatoms. The molecular formula is C31H29N3O8S2. The van der Waals surface area contributed by atoms with Crippen molar-refractivity contribution in [1.82, 2.24) is 9.88 Å². The molecule has 2 saturated carbocycles. The number of aliphatic carboxylic acids is 1. The Morgan fingerprint density at radius 3 is 2.50 bits per heavy atom. The first-order valence-corrected chi connectivity index (χ1v) is 16.0. The van der Waals surface area contributed by atoms with Gasteiger partial charge in [-0.05, 0) is 60.9 Å². The maximum absolute atomic E-state index is 13.6. The van der Waals surface area contributed by atoms with Crippen LogP contribution in [-0.2, 0) is 19.2 Å². The van der Waals surface area contributed by atoms with E-state index in [0.717, 1.165) is 31.7 Å². The predicted molar refractivity (Wildman–Crippen MR) is 161 cm³/mol. The summed E-state index contributed by atoms with van der Waals surface area (Å²) in [4.78, 5) is 68.5. The van der Waals surface area contributed by atoms with Crippen LogP contribution in [0.25, 0.3) is 0 Å². The monoisotopic (exact) mass is 635 g/mol. The van der Waals surface area contributed by atoms with Gasteiger partial charge in [-0.25, -0.2) is 4.79 Å². The fourth-order valence-electron chi connectivity index (χ4n) is 7.76. The molecule has 2 aromatic carbocycles. The molecule has 0 radical (unpaired) electrons. The lowest BCUT2D eigenvalue weighted by molar-refractivity contribution is -0.154. The van der Waals surface area contributed by atoms with E-state index in [9.17, 15) is 29.1 Å². The normalized spacial score (nSPS) is 28.7. The molecule has 228 valence electrons. The second kappa shape index (κ2) is 10.8. The number of nitrogens with zero attached hydrogens (tertiary/aromatic N) is 1. The van der Waals surface area contributed by atoms with E-state index in [1.165, 1.54) is 14.0 Å². The SMILES string of the molecule is COc1cc([C@H]2c3sc(=O)[nH]c3SC3C4CC(C5C(=O)N(C(C)C(=O)O)C(=O)C45)C32)ccc1OCC(=O)Nc1ccccc1. The van der Waals surface area contributed by atoms with Crippen molar-refractivity contribution >= 4 is 52.5 Å². The lowest BCUT2D eigenvalue weighted by Gasteiger charge is -2.43. The number of methoxy groups -OCH3 is 1. The number of rotatable bonds is 8. The molecule has 3 amide bonds. The molecule has 2 aliphatic carbocycles. The summed E-state index contributed by atoms with van der Waals surface area (Å²) in [6, 6.07) is 13.3. The molecule has 2 bridgehead atoms. The zero-order chi connectivity index (χ0) is 30.9. The van der Waals surface area contributed by atoms with Crippen LogP contribution in [0.4, 0.5) is 5.69 Å². The molecule has 2 aliphatic heterocycles. The van der Waals surface area contributed by atoms with Gasteiger partial charge < -0.3 is 24.9 Å². The standard InChI is InChI=1S/C31H29N3O8S2/c1-13(30(38)39)34-28(36)23-16-11-17(24(23)29(34)37)25-22(16)21(26-27(43-25)33-31(40)44-26)14-8-9-18(19(10-14)41-2)42-12-20(35)32-15-6-4-3-5-7-15/h3-10,13,16-17,21-25H,11-12H2,1-2H3,(H,32,35)(H,33,40)(H,38,39)/t13?,16?,17?,21-,22?,23?,24?,25?/m1/s1. The number of benzene rings is 2. The number of likely N-dealkylation sites (tertiary alicyclic amines) is 1. The largest absolute Gasteiger partial charge is 0.493 e. The van der Waals surface area contributed by atoms with Gasteiger partial charge in [-0.15, -0.1) is 11.8 Å². The third-order valence-electron chi connectivity index (χ3n) is 9.47. The molecule has 3 N–H and O–H groups in total. The molecule has 7 rings (SSSR count). The van der Waals surface area contributed by atoms with Gasteiger partial charge >= 0.3 is 10.8 Å². The van der Waals surface area contributed by atoms with Crippen LogP contribution in [0.3, 0.4) is 0 Å². The second-order valence-corrected chi connectivity index (χ2v) is 13.8. The number of amides is 3. The fourth-order valence-corrected chi connectivity index (χ4v) is 10.7. The van der Waals surface area contributed by atoms with Gasteiger partial charge in [0.25, 0.3) is 5.91 Å². The highest BCUT2D eigenvalue weighted by atomic mass is 32.2. The Morgan fingerprint density at radius 1 is 1.07 bits per heavy atom. The number of thioether (sulfide) groups is 1. The van der Waals surface area contributed by atoms with Gasteiger partial charge in [-0.3, -0.25) is 24.1 Å². The molecular weight excluding hydrogens is 606 g/mol. The number of thiazole rings is 1. The zero-order valence-electron chi connectivity index (χ0n) is 23.7. The molecule has 1 aromatic heterocycles. The lowest BCUT2D eigenvalue weighted by Crippen LogP contribution is -2.44. The minimum Gasteiger partial charge on any atom is -0.493 e. The Hall–Kier alpha value is -4.10. The first-order chi connectivity index (χ1) is 21.2. The topological polar surface area (TPSA) is 155 Å². The Kier molecular flexibility index (Phi) is 7.04. The highest BCUT2D eigenvalue weighted by Crippen LogP contribution is 2.68. The van der Waals surface area contributed by atoms with Crippen LogP contribution in [0.5, 0.6) is 11.5 Å². The maximum Gasteiger partial charge on any atom is 0.326 e. The summed E-state index contributed by atoms with van der Waals surface area (Å²) in [5.74, 6) is -3.26. The first-order valence-electron chi connectivity index (χ1n) is 14.3. The predicted octanol–water partition coefficient (Wildman–Crippen LogP) is 3.41. The molecule has 0 spiro atoms. The smallest absolute Gasteiger partial charge is 0.326 e. The molecule has 3 heterocycles. The van der Waals surface area contributed by atoms with Gasteiger partial charge in [-0.1, -0.05) is 35.6 Å². The zero-order valence-corrected chi connectivity index (χ0v) is 25.4. The quantitative estimate of drug-likeness (QED) is 0.316. The number of carbonyl (C=O) groups excluding carboxylic acids is 3. The van der Waals surface area contributed by atoms with E-state index in [-0.39, 0.29) is 46.3 Å². The Balaban J connectivity index is 1.19. The number of anilines is 1. The minimum atomic E-state index is -1.23. The number of hydrogen-bond acceptors (Lipinski definition) is 9. The van der Waals surface area contributed by atoms with Crippen LogP contribution in [0.15, 0.2) is 58.4 Å². The van der Waals surface area contributed by atoms with Crippen molar-refractivity contribution in [1.29, 1.82) is 0 Å². The van der Waals surface area contributed by atoms with E-state index in [1.54, 1.807) is 30.0 Å². The minimum absolute atomic E-state index is 0.0376. The van der Waals surface area contributed by atoms with Crippen LogP contribution in [0, 0.1) is 29.6 Å². The molecule has 3 fully saturated rings. The molecule has 4 aliphatic rings. The molecule has 1 saturated heterocycles. The highest BCUT2D eigenvalue weighted by Gasteiger charge is 2.70. The van der Waals surface area contributed by atoms with Crippen LogP contribution in [-0.4, -0.2) is 63.7 Å². The van der Waals surface area contributed by atoms with Crippen molar-refractivity contribution in [3.05, 3.63) is 68.6 Å². The van der Waals surface area contributed by atoms with Gasteiger partial charge in [0.05, 0.1) is 24.0 Å². The molecule has 8 atom stereocenters. The Bertz CT molecular complexity index is 1740. The van der Waals surface area contributed by atoms with Crippen molar-refractivity contribution in [2.75, 3.05) is 19.0 Å². The third-order valence-corrected chi connectivity index (χ3v) is 12.1. The first kappa shape index (κ1) is 28.7. The van der Waals surface area contributed by atoms with Crippen LogP contribution in [0.1, 0.15) is 29.7 Å². The molecule has 7 unspecified atom stereocenters. The summed E-state index contributed by atoms with van der Waals surface area (Å²) in [5, 5.41) is 13.1. The second-order valence-electron chi connectivity index (χ2n) is 11.6. The number of fused-ring (bicyclic) bond motifs is 9. The third kappa shape index (κ3) is 4.43. The average Bonchev–Trinajstić information content (AvgIpc) is 3.74. The number of aromatic nitrogens is 1. The molecule has 3 aromatic rings. The van der Waals surface area contributed by atoms with Gasteiger partial charge in [0, 0.05) is 21.7 Å². The summed E-state index contributed by atoms with van der Waals surface area (Å²) in [7, 11) is 1.51. The van der Waals surface area contributed by atoms with E-state index in [0.29, 0.717) is 23.6 Å². The van der Waals surface area contributed by atoms with Crippen LogP contribution >= 0.6 is 23.1 Å². The summed E-state index contributed by atoms with van der Waals surface area (Å²) >= 11 is 2.70. The van der Waals surface area contributed by atoms with Gasteiger partial charge in [0.1, 0.15) is 6.04 Å². The van der Waals surface area contributed by atoms with Crippen molar-refractivity contribution in [3.63, 3.8) is 0 Å². The van der Waals surface area contributed by atoms with E-state index < -0.39 is 35.7 Å². The number of aromatic amines is 1. The number of imide groups is 1. The van der Waals surface area contributed by atoms with E-state index in [4.69, 9.17) is 9.47 Å². The van der Waals surface area contributed by atoms with Crippen molar-refractivity contribution < 1.29 is 33.8 Å². The number of nitrogens with one attached hydrogen (secondary N) is 2. The number of carbonyl (C=O) groups is 4. The number of H-pyrrole nitrogens is 1. The van der Waals surface area contributed by atoms with Crippen LogP contribution in [0.2, 0.25) is 0 Å². The number of carboxylic acid groups (broad SMARTS) is 1. The van der Waals surface area contributed by atoms with Gasteiger partial charge in [0.15, 0.2) is 18.1 Å². The van der Waals surface area contributed by atoms with Gasteiger partial charge in [-0.2, -0.15) is 0 Å². The average molecular weight is 636 g/mol. The molecule has 44 heavy (non-hydrogen) atoms. The van der Waals surface area contributed by atoms with E-state index in [2.05, 4.69) is 10.3 Å². The van der Waals surface area contributed by atoms with Crippen LogP contribution < -0.4 is 19.7 Å². The lowest BCUT2D eigenvalue weighted by atomic mass is 9.68. The summed E-state index contributed by atoms with van der Waals surface area (Å²) in [5.41, 5.74) is 1.52. The number of para-hydroxylation sites is 1. The Labute approximate surface area is 259 Å². The van der Waals surface area contributed by atoms with E-state index >= 15 is 0 Å². The van der Waals surface area contributed by atoms with Crippen molar-refractivity contribution in [2.45, 2.75) is 35.6 Å². The maximum atomic E-state index is 13.6. The highest BCUT2D eigenvalue weighted by molar-refractivity contribution is 8.00.